The second kappa shape index (κ2) is 4.69. The molecule has 2 heteroatoms. The number of hydrogen-bond donors (Lipinski definition) is 0. The van der Waals surface area contributed by atoms with Gasteiger partial charge in [0, 0.05) is 10.5 Å². The van der Waals surface area contributed by atoms with E-state index in [1.165, 1.54) is 36.7 Å². The topological polar surface area (TPSA) is 3.24 Å². The molecule has 1 aliphatic carbocycles. The van der Waals surface area contributed by atoms with Crippen LogP contribution in [0, 0.1) is 17.8 Å². The van der Waals surface area contributed by atoms with Crippen molar-refractivity contribution < 1.29 is 0 Å². The maximum Gasteiger partial charge on any atom is 0.0126 e. The lowest BCUT2D eigenvalue weighted by Gasteiger charge is -2.48. The summed E-state index contributed by atoms with van der Waals surface area (Å²) in [4.78, 5) is 2.63. The Balaban J connectivity index is 2.09. The van der Waals surface area contributed by atoms with E-state index in [0.29, 0.717) is 0 Å². The Labute approximate surface area is 102 Å². The van der Waals surface area contributed by atoms with Crippen LogP contribution in [0.5, 0.6) is 0 Å². The van der Waals surface area contributed by atoms with Crippen molar-refractivity contribution in [1.29, 1.82) is 0 Å². The van der Waals surface area contributed by atoms with Gasteiger partial charge in [0.1, 0.15) is 0 Å². The molecule has 4 atom stereocenters. The summed E-state index contributed by atoms with van der Waals surface area (Å²) >= 11 is 2.59. The van der Waals surface area contributed by atoms with Gasteiger partial charge < -0.3 is 4.90 Å². The monoisotopic (exact) mass is 307 g/mol. The highest BCUT2D eigenvalue weighted by molar-refractivity contribution is 14.1. The molecule has 1 aliphatic heterocycles. The van der Waals surface area contributed by atoms with Crippen LogP contribution in [0.4, 0.5) is 0 Å². The lowest BCUT2D eigenvalue weighted by Crippen LogP contribution is -2.49. The van der Waals surface area contributed by atoms with Crippen molar-refractivity contribution in [3.05, 3.63) is 0 Å². The summed E-state index contributed by atoms with van der Waals surface area (Å²) in [6.07, 6.45) is 5.86. The van der Waals surface area contributed by atoms with E-state index in [0.717, 1.165) is 23.8 Å². The molecule has 0 amide bonds. The van der Waals surface area contributed by atoms with Gasteiger partial charge in [0.05, 0.1) is 0 Å². The Bertz CT molecular complexity index is 195. The lowest BCUT2D eigenvalue weighted by atomic mass is 9.69. The fourth-order valence-electron chi connectivity index (χ4n) is 3.54. The molecule has 14 heavy (non-hydrogen) atoms. The van der Waals surface area contributed by atoms with Crippen molar-refractivity contribution in [2.75, 3.05) is 18.0 Å². The summed E-state index contributed by atoms with van der Waals surface area (Å²) in [5, 5.41) is 0. The molecule has 1 saturated heterocycles. The van der Waals surface area contributed by atoms with E-state index in [2.05, 4.69) is 41.5 Å². The van der Waals surface area contributed by atoms with Crippen molar-refractivity contribution >= 4 is 22.6 Å². The van der Waals surface area contributed by atoms with E-state index in [1.54, 1.807) is 0 Å². The van der Waals surface area contributed by atoms with Gasteiger partial charge in [-0.25, -0.2) is 0 Å². The number of alkyl halides is 1. The molecule has 0 N–H and O–H groups in total. The van der Waals surface area contributed by atoms with Crippen molar-refractivity contribution in [2.45, 2.75) is 38.6 Å². The van der Waals surface area contributed by atoms with Crippen molar-refractivity contribution in [1.82, 2.24) is 4.90 Å². The molecule has 2 rings (SSSR count). The number of halogens is 1. The Morgan fingerprint density at radius 2 is 2.14 bits per heavy atom. The number of hydrogen-bond acceptors (Lipinski definition) is 1. The molecular weight excluding hydrogens is 285 g/mol. The van der Waals surface area contributed by atoms with Gasteiger partial charge in [0.2, 0.25) is 0 Å². The van der Waals surface area contributed by atoms with Crippen LogP contribution in [0.3, 0.4) is 0 Å². The van der Waals surface area contributed by atoms with Crippen molar-refractivity contribution in [3.8, 4) is 0 Å². The third kappa shape index (κ3) is 2.11. The van der Waals surface area contributed by atoms with Crippen LogP contribution in [0.25, 0.3) is 0 Å². The van der Waals surface area contributed by atoms with Gasteiger partial charge in [0.15, 0.2) is 0 Å². The van der Waals surface area contributed by atoms with Crippen LogP contribution < -0.4 is 0 Å². The Morgan fingerprint density at radius 3 is 2.86 bits per heavy atom. The highest BCUT2D eigenvalue weighted by atomic mass is 127. The van der Waals surface area contributed by atoms with Crippen LogP contribution in [-0.4, -0.2) is 29.0 Å². The number of piperidine rings is 1. The number of likely N-dealkylation sites (tertiary alicyclic amines) is 1. The number of rotatable bonds is 1. The molecule has 0 aromatic heterocycles. The zero-order chi connectivity index (χ0) is 10.1. The molecule has 1 heterocycles. The summed E-state index contributed by atoms with van der Waals surface area (Å²) in [5.74, 6) is 2.98. The van der Waals surface area contributed by atoms with Gasteiger partial charge in [-0.3, -0.25) is 0 Å². The quantitative estimate of drug-likeness (QED) is 0.531. The smallest absolute Gasteiger partial charge is 0.0126 e. The molecule has 82 valence electrons. The van der Waals surface area contributed by atoms with Crippen LogP contribution in [0.2, 0.25) is 0 Å². The minimum atomic E-state index is 0.910. The maximum atomic E-state index is 2.63. The minimum absolute atomic E-state index is 0.910. The zero-order valence-corrected chi connectivity index (χ0v) is 11.5. The summed E-state index contributed by atoms with van der Waals surface area (Å²) in [7, 11) is 2.33. The number of fused-ring (bicyclic) bond motifs is 1. The molecule has 0 unspecified atom stereocenters. The molecule has 2 fully saturated rings. The largest absolute Gasteiger partial charge is 0.303 e. The van der Waals surface area contributed by atoms with E-state index in [-0.39, 0.29) is 0 Å². The third-order valence-corrected chi connectivity index (χ3v) is 5.39. The van der Waals surface area contributed by atoms with Gasteiger partial charge in [-0.15, -0.1) is 0 Å². The maximum absolute atomic E-state index is 2.63. The molecule has 0 aromatic rings. The lowest BCUT2D eigenvalue weighted by molar-refractivity contribution is 0.0315. The Morgan fingerprint density at radius 1 is 1.36 bits per heavy atom. The molecule has 1 nitrogen and oxygen atoms in total. The highest BCUT2D eigenvalue weighted by Gasteiger charge is 2.39. The normalized spacial score (nSPS) is 44.8. The molecule has 0 radical (unpaired) electrons. The van der Waals surface area contributed by atoms with Gasteiger partial charge in [-0.1, -0.05) is 29.5 Å². The minimum Gasteiger partial charge on any atom is -0.303 e. The van der Waals surface area contributed by atoms with Gasteiger partial charge in [-0.2, -0.15) is 0 Å². The van der Waals surface area contributed by atoms with Crippen molar-refractivity contribution in [3.63, 3.8) is 0 Å². The molecule has 0 aromatic carbocycles. The SMILES string of the molecule is C[C@H]1C[C@H](CI)[C@H]2CCCN(C)[C@H]2C1. The molecule has 1 saturated carbocycles. The molecular formula is C12H22IN. The average molecular weight is 307 g/mol. The summed E-state index contributed by atoms with van der Waals surface area (Å²) in [6, 6.07) is 0.910. The first-order valence-electron chi connectivity index (χ1n) is 5.98. The Kier molecular flexibility index (Phi) is 3.74. The Hall–Kier alpha value is 0.690. The summed E-state index contributed by atoms with van der Waals surface area (Å²) < 4.78 is 1.37. The fraction of sp³-hybridized carbons (Fsp3) is 1.00. The van der Waals surface area contributed by atoms with E-state index in [9.17, 15) is 0 Å². The van der Waals surface area contributed by atoms with Crippen LogP contribution in [0.15, 0.2) is 0 Å². The van der Waals surface area contributed by atoms with E-state index >= 15 is 0 Å². The standard InChI is InChI=1S/C12H22IN/c1-9-6-10(8-13)11-4-3-5-14(2)12(11)7-9/h9-12H,3-8H2,1-2H3/t9-,10+,11+,12-/m0/s1. The first-order valence-corrected chi connectivity index (χ1v) is 7.51. The fourth-order valence-corrected chi connectivity index (χ4v) is 4.56. The van der Waals surface area contributed by atoms with E-state index in [1.807, 2.05) is 0 Å². The van der Waals surface area contributed by atoms with Crippen LogP contribution in [-0.2, 0) is 0 Å². The molecule has 2 aliphatic rings. The van der Waals surface area contributed by atoms with Gasteiger partial charge >= 0.3 is 0 Å². The predicted octanol–water partition coefficient (Wildman–Crippen LogP) is 3.18. The molecule has 0 spiro atoms. The summed E-state index contributed by atoms with van der Waals surface area (Å²) in [5.41, 5.74) is 0. The van der Waals surface area contributed by atoms with Crippen LogP contribution in [0.1, 0.15) is 32.6 Å². The molecule has 0 bridgehead atoms. The van der Waals surface area contributed by atoms with Crippen LogP contribution >= 0.6 is 22.6 Å². The highest BCUT2D eigenvalue weighted by Crippen LogP contribution is 2.41. The van der Waals surface area contributed by atoms with E-state index in [4.69, 9.17) is 0 Å². The average Bonchev–Trinajstić information content (AvgIpc) is 2.18. The second-order valence-corrected chi connectivity index (χ2v) is 6.23. The zero-order valence-electron chi connectivity index (χ0n) is 9.38. The third-order valence-electron chi connectivity index (χ3n) is 4.26. The van der Waals surface area contributed by atoms with E-state index < -0.39 is 0 Å². The first kappa shape index (κ1) is 11.2. The van der Waals surface area contributed by atoms with Gasteiger partial charge in [0.25, 0.3) is 0 Å². The summed E-state index contributed by atoms with van der Waals surface area (Å²) in [6.45, 7) is 3.78. The van der Waals surface area contributed by atoms with Gasteiger partial charge in [-0.05, 0) is 57.0 Å². The van der Waals surface area contributed by atoms with Crippen molar-refractivity contribution in [2.24, 2.45) is 17.8 Å². The number of nitrogens with zero attached hydrogens (tertiary/aromatic N) is 1. The predicted molar refractivity (Wildman–Crippen MR) is 69.9 cm³/mol. The first-order chi connectivity index (χ1) is 6.72. The second-order valence-electron chi connectivity index (χ2n) is 5.34.